The number of carboxylic acids is 1. The van der Waals surface area contributed by atoms with Crippen LogP contribution in [-0.2, 0) is 4.79 Å². The van der Waals surface area contributed by atoms with Gasteiger partial charge in [-0.3, -0.25) is 4.79 Å². The van der Waals surface area contributed by atoms with E-state index in [1.165, 1.54) is 0 Å². The van der Waals surface area contributed by atoms with Crippen molar-refractivity contribution in [3.05, 3.63) is 22.2 Å². The monoisotopic (exact) mass is 341 g/mol. The summed E-state index contributed by atoms with van der Waals surface area (Å²) < 4.78 is 12.2. The first-order valence-electron chi connectivity index (χ1n) is 6.71. The maximum atomic E-state index is 11.0. The number of aliphatic carboxylic acids is 1. The summed E-state index contributed by atoms with van der Waals surface area (Å²) in [4.78, 5) is 11.0. The molecule has 2 aliphatic heterocycles. The van der Waals surface area contributed by atoms with Gasteiger partial charge in [0, 0.05) is 19.0 Å². The molecule has 1 fully saturated rings. The SMILES string of the molecule is O=C(O)C1CNC(c2ccc3c(c2Br)OCCCO3)C1. The van der Waals surface area contributed by atoms with Crippen LogP contribution in [0.2, 0.25) is 0 Å². The van der Waals surface area contributed by atoms with Crippen molar-refractivity contribution in [3.63, 3.8) is 0 Å². The van der Waals surface area contributed by atoms with Crippen LogP contribution in [0.25, 0.3) is 0 Å². The maximum absolute atomic E-state index is 11.0. The molecule has 5 nitrogen and oxygen atoms in total. The van der Waals surface area contributed by atoms with Crippen LogP contribution in [-0.4, -0.2) is 30.8 Å². The molecule has 2 aliphatic rings. The molecule has 3 rings (SSSR count). The maximum Gasteiger partial charge on any atom is 0.307 e. The zero-order valence-corrected chi connectivity index (χ0v) is 12.5. The average molecular weight is 342 g/mol. The van der Waals surface area contributed by atoms with Crippen LogP contribution in [0.4, 0.5) is 0 Å². The Morgan fingerprint density at radius 2 is 2.15 bits per heavy atom. The minimum atomic E-state index is -0.745. The Labute approximate surface area is 125 Å². The van der Waals surface area contributed by atoms with Gasteiger partial charge in [0.25, 0.3) is 0 Å². The number of hydrogen-bond donors (Lipinski definition) is 2. The smallest absolute Gasteiger partial charge is 0.307 e. The fourth-order valence-corrected chi connectivity index (χ4v) is 3.37. The minimum absolute atomic E-state index is 0.0302. The molecular weight excluding hydrogens is 326 g/mol. The molecule has 2 atom stereocenters. The second kappa shape index (κ2) is 5.61. The Morgan fingerprint density at radius 1 is 1.35 bits per heavy atom. The summed E-state index contributed by atoms with van der Waals surface area (Å²) in [5.74, 6) is 0.389. The van der Waals surface area contributed by atoms with Gasteiger partial charge >= 0.3 is 5.97 Å². The lowest BCUT2D eigenvalue weighted by atomic mass is 10.00. The van der Waals surface area contributed by atoms with Crippen LogP contribution in [0.1, 0.15) is 24.4 Å². The predicted octanol–water partition coefficient (Wildman–Crippen LogP) is 2.35. The van der Waals surface area contributed by atoms with Gasteiger partial charge in [-0.15, -0.1) is 0 Å². The number of nitrogens with one attached hydrogen (secondary N) is 1. The Balaban J connectivity index is 1.88. The van der Waals surface area contributed by atoms with Gasteiger partial charge in [-0.25, -0.2) is 0 Å². The molecule has 0 aliphatic carbocycles. The van der Waals surface area contributed by atoms with E-state index in [1.807, 2.05) is 12.1 Å². The van der Waals surface area contributed by atoms with Crippen LogP contribution >= 0.6 is 15.9 Å². The molecule has 20 heavy (non-hydrogen) atoms. The largest absolute Gasteiger partial charge is 0.490 e. The Morgan fingerprint density at radius 3 is 2.90 bits per heavy atom. The summed E-state index contributed by atoms with van der Waals surface area (Å²) in [6.45, 7) is 1.79. The van der Waals surface area contributed by atoms with Crippen molar-refractivity contribution < 1.29 is 19.4 Å². The van der Waals surface area contributed by atoms with Crippen molar-refractivity contribution in [2.24, 2.45) is 5.92 Å². The van der Waals surface area contributed by atoms with Gasteiger partial charge in [0.2, 0.25) is 0 Å². The standard InChI is InChI=1S/C14H16BrNO4/c15-12-9(10-6-8(7-16-10)14(17)18)2-3-11-13(12)20-5-1-4-19-11/h2-3,8,10,16H,1,4-7H2,(H,17,18). The van der Waals surface area contributed by atoms with E-state index >= 15 is 0 Å². The van der Waals surface area contributed by atoms with Crippen molar-refractivity contribution in [3.8, 4) is 11.5 Å². The Bertz CT molecular complexity index is 534. The van der Waals surface area contributed by atoms with Crippen molar-refractivity contribution in [2.75, 3.05) is 19.8 Å². The molecule has 0 aromatic heterocycles. The molecular formula is C14H16BrNO4. The van der Waals surface area contributed by atoms with Crippen LogP contribution in [0.15, 0.2) is 16.6 Å². The summed E-state index contributed by atoms with van der Waals surface area (Å²) in [6.07, 6.45) is 1.45. The first-order chi connectivity index (χ1) is 9.66. The molecule has 1 aromatic carbocycles. The van der Waals surface area contributed by atoms with Crippen LogP contribution in [0.3, 0.4) is 0 Å². The van der Waals surface area contributed by atoms with Crippen molar-refractivity contribution in [1.82, 2.24) is 5.32 Å². The molecule has 2 N–H and O–H groups in total. The van der Waals surface area contributed by atoms with E-state index in [4.69, 9.17) is 14.6 Å². The van der Waals surface area contributed by atoms with E-state index in [0.717, 1.165) is 28.0 Å². The zero-order valence-electron chi connectivity index (χ0n) is 10.9. The molecule has 0 saturated carbocycles. The molecule has 0 radical (unpaired) electrons. The quantitative estimate of drug-likeness (QED) is 0.864. The van der Waals surface area contributed by atoms with Crippen molar-refractivity contribution in [1.29, 1.82) is 0 Å². The molecule has 1 aromatic rings. The summed E-state index contributed by atoms with van der Waals surface area (Å²) in [6, 6.07) is 3.90. The third kappa shape index (κ3) is 2.50. The van der Waals surface area contributed by atoms with Gasteiger partial charge in [0.15, 0.2) is 11.5 Å². The van der Waals surface area contributed by atoms with E-state index < -0.39 is 5.97 Å². The van der Waals surface area contributed by atoms with E-state index in [9.17, 15) is 4.79 Å². The summed E-state index contributed by atoms with van der Waals surface area (Å²) in [7, 11) is 0. The third-order valence-electron chi connectivity index (χ3n) is 3.74. The highest BCUT2D eigenvalue weighted by Crippen LogP contribution is 2.43. The van der Waals surface area contributed by atoms with Gasteiger partial charge in [0.1, 0.15) is 0 Å². The second-order valence-corrected chi connectivity index (χ2v) is 5.87. The fraction of sp³-hybridized carbons (Fsp3) is 0.500. The van der Waals surface area contributed by atoms with E-state index in [-0.39, 0.29) is 12.0 Å². The Kier molecular flexibility index (Phi) is 3.85. The van der Waals surface area contributed by atoms with E-state index in [0.29, 0.717) is 26.2 Å². The van der Waals surface area contributed by atoms with Gasteiger partial charge in [-0.2, -0.15) is 0 Å². The molecule has 2 heterocycles. The van der Waals surface area contributed by atoms with Crippen LogP contribution in [0.5, 0.6) is 11.5 Å². The molecule has 1 saturated heterocycles. The number of halogens is 1. The second-order valence-electron chi connectivity index (χ2n) is 5.08. The summed E-state index contributed by atoms with van der Waals surface area (Å²) in [5, 5.41) is 12.3. The molecule has 108 valence electrons. The lowest BCUT2D eigenvalue weighted by Gasteiger charge is -2.17. The highest BCUT2D eigenvalue weighted by molar-refractivity contribution is 9.10. The lowest BCUT2D eigenvalue weighted by molar-refractivity contribution is -0.141. The van der Waals surface area contributed by atoms with Gasteiger partial charge in [0.05, 0.1) is 23.6 Å². The molecule has 0 amide bonds. The number of carboxylic acid groups (broad SMARTS) is 1. The van der Waals surface area contributed by atoms with Gasteiger partial charge < -0.3 is 19.9 Å². The molecule has 0 bridgehead atoms. The first kappa shape index (κ1) is 13.7. The molecule has 0 spiro atoms. The van der Waals surface area contributed by atoms with Crippen LogP contribution in [0, 0.1) is 5.92 Å². The Hall–Kier alpha value is -1.27. The third-order valence-corrected chi connectivity index (χ3v) is 4.56. The fourth-order valence-electron chi connectivity index (χ4n) is 2.65. The minimum Gasteiger partial charge on any atom is -0.490 e. The van der Waals surface area contributed by atoms with Crippen molar-refractivity contribution >= 4 is 21.9 Å². The normalized spacial score (nSPS) is 25.2. The average Bonchev–Trinajstić information content (AvgIpc) is 2.78. The first-order valence-corrected chi connectivity index (χ1v) is 7.50. The highest BCUT2D eigenvalue weighted by atomic mass is 79.9. The van der Waals surface area contributed by atoms with Gasteiger partial charge in [-0.05, 0) is 34.0 Å². The van der Waals surface area contributed by atoms with Crippen molar-refractivity contribution in [2.45, 2.75) is 18.9 Å². The topological polar surface area (TPSA) is 67.8 Å². The summed E-state index contributed by atoms with van der Waals surface area (Å²) in [5.41, 5.74) is 1.03. The van der Waals surface area contributed by atoms with Crippen LogP contribution < -0.4 is 14.8 Å². The number of ether oxygens (including phenoxy) is 2. The number of rotatable bonds is 2. The summed E-state index contributed by atoms with van der Waals surface area (Å²) >= 11 is 3.58. The van der Waals surface area contributed by atoms with E-state index in [1.54, 1.807) is 0 Å². The predicted molar refractivity (Wildman–Crippen MR) is 76.2 cm³/mol. The highest BCUT2D eigenvalue weighted by Gasteiger charge is 2.32. The number of fused-ring (bicyclic) bond motifs is 1. The molecule has 6 heteroatoms. The van der Waals surface area contributed by atoms with Gasteiger partial charge in [-0.1, -0.05) is 6.07 Å². The number of hydrogen-bond acceptors (Lipinski definition) is 4. The molecule has 2 unspecified atom stereocenters. The number of benzene rings is 1. The lowest BCUT2D eigenvalue weighted by Crippen LogP contribution is -2.17. The number of carbonyl (C=O) groups is 1. The van der Waals surface area contributed by atoms with E-state index in [2.05, 4.69) is 21.2 Å². The zero-order chi connectivity index (χ0) is 14.1.